The third kappa shape index (κ3) is 3.27. The van der Waals surface area contributed by atoms with Crippen LogP contribution in [0, 0.1) is 0 Å². The van der Waals surface area contributed by atoms with Crippen molar-refractivity contribution in [3.8, 4) is 0 Å². The highest BCUT2D eigenvalue weighted by molar-refractivity contribution is 7.89. The van der Waals surface area contributed by atoms with E-state index in [-0.39, 0.29) is 11.0 Å². The fraction of sp³-hybridized carbons (Fsp3) is 0.235. The lowest BCUT2D eigenvalue weighted by Gasteiger charge is -2.28. The lowest BCUT2D eigenvalue weighted by Crippen LogP contribution is -2.38. The predicted molar refractivity (Wildman–Crippen MR) is 90.1 cm³/mol. The first-order valence-corrected chi connectivity index (χ1v) is 9.04. The minimum Gasteiger partial charge on any atom is -0.459 e. The third-order valence-corrected chi connectivity index (χ3v) is 5.05. The van der Waals surface area contributed by atoms with Crippen LogP contribution in [0.3, 0.4) is 0 Å². The van der Waals surface area contributed by atoms with Crippen molar-refractivity contribution in [2.45, 2.75) is 31.0 Å². The van der Waals surface area contributed by atoms with Crippen molar-refractivity contribution in [1.82, 2.24) is 4.72 Å². The van der Waals surface area contributed by atoms with Crippen LogP contribution >= 0.6 is 0 Å². The minimum absolute atomic E-state index is 0.194. The lowest BCUT2D eigenvalue weighted by atomic mass is 10.1. The van der Waals surface area contributed by atoms with Crippen molar-refractivity contribution in [3.05, 3.63) is 59.7 Å². The molecule has 0 radical (unpaired) electrons. The van der Waals surface area contributed by atoms with Crippen LogP contribution in [0.25, 0.3) is 0 Å². The SMILES string of the molecule is CC(C)OC(=O)c1ccc([C@@H]2Nc3ccccc3S(=O)(=O)N2)cc1. The first-order valence-electron chi connectivity index (χ1n) is 7.55. The van der Waals surface area contributed by atoms with Gasteiger partial charge >= 0.3 is 5.97 Å². The van der Waals surface area contributed by atoms with Crippen molar-refractivity contribution in [1.29, 1.82) is 0 Å². The molecule has 0 fully saturated rings. The number of esters is 1. The van der Waals surface area contributed by atoms with E-state index in [0.29, 0.717) is 16.8 Å². The van der Waals surface area contributed by atoms with Crippen LogP contribution in [-0.4, -0.2) is 20.5 Å². The monoisotopic (exact) mass is 346 g/mol. The summed E-state index contributed by atoms with van der Waals surface area (Å²) in [7, 11) is -3.59. The van der Waals surface area contributed by atoms with Crippen molar-refractivity contribution in [3.63, 3.8) is 0 Å². The van der Waals surface area contributed by atoms with Crippen LogP contribution in [0.1, 0.15) is 35.9 Å². The predicted octanol–water partition coefficient (Wildman–Crippen LogP) is 2.65. The smallest absolute Gasteiger partial charge is 0.338 e. The van der Waals surface area contributed by atoms with E-state index in [1.807, 2.05) is 0 Å². The highest BCUT2D eigenvalue weighted by Crippen LogP contribution is 2.30. The topological polar surface area (TPSA) is 84.5 Å². The molecule has 2 N–H and O–H groups in total. The lowest BCUT2D eigenvalue weighted by molar-refractivity contribution is 0.0378. The summed E-state index contributed by atoms with van der Waals surface area (Å²) in [6, 6.07) is 13.4. The summed E-state index contributed by atoms with van der Waals surface area (Å²) >= 11 is 0. The molecule has 1 heterocycles. The molecule has 0 spiro atoms. The summed E-state index contributed by atoms with van der Waals surface area (Å²) in [5.74, 6) is -0.404. The van der Waals surface area contributed by atoms with Crippen LogP contribution < -0.4 is 10.0 Å². The summed E-state index contributed by atoms with van der Waals surface area (Å²) < 4.78 is 32.4. The first kappa shape index (κ1) is 16.5. The Labute approximate surface area is 140 Å². The minimum atomic E-state index is -3.59. The standard InChI is InChI=1S/C17H18N2O4S/c1-11(2)23-17(20)13-9-7-12(8-10-13)16-18-14-5-3-4-6-15(14)24(21,22)19-16/h3-11,16,18-19H,1-2H3/t16-/m1/s1. The number of hydrogen-bond acceptors (Lipinski definition) is 5. The van der Waals surface area contributed by atoms with Gasteiger partial charge < -0.3 is 10.1 Å². The molecule has 0 aliphatic carbocycles. The number of fused-ring (bicyclic) bond motifs is 1. The molecule has 1 aliphatic rings. The molecule has 1 atom stereocenters. The highest BCUT2D eigenvalue weighted by atomic mass is 32.2. The summed E-state index contributed by atoms with van der Waals surface area (Å²) in [5, 5.41) is 3.14. The second kappa shape index (κ2) is 6.26. The number of anilines is 1. The van der Waals surface area contributed by atoms with E-state index in [0.717, 1.165) is 0 Å². The summed E-state index contributed by atoms with van der Waals surface area (Å²) in [6.45, 7) is 3.56. The number of hydrogen-bond donors (Lipinski definition) is 2. The number of nitrogens with one attached hydrogen (secondary N) is 2. The van der Waals surface area contributed by atoms with Crippen molar-refractivity contribution < 1.29 is 17.9 Å². The Morgan fingerprint density at radius 2 is 1.75 bits per heavy atom. The molecule has 126 valence electrons. The summed E-state index contributed by atoms with van der Waals surface area (Å²) in [4.78, 5) is 12.1. The van der Waals surface area contributed by atoms with Crippen LogP contribution in [0.5, 0.6) is 0 Å². The Morgan fingerprint density at radius 1 is 1.08 bits per heavy atom. The number of carbonyl (C=O) groups excluding carboxylic acids is 1. The molecule has 6 nitrogen and oxygen atoms in total. The molecule has 7 heteroatoms. The van der Waals surface area contributed by atoms with Crippen LogP contribution in [0.2, 0.25) is 0 Å². The summed E-state index contributed by atoms with van der Waals surface area (Å²) in [5.41, 5.74) is 1.67. The zero-order valence-corrected chi connectivity index (χ0v) is 14.1. The molecular formula is C17H18N2O4S. The van der Waals surface area contributed by atoms with Crippen molar-refractivity contribution in [2.24, 2.45) is 0 Å². The number of carbonyl (C=O) groups is 1. The van der Waals surface area contributed by atoms with Crippen LogP contribution in [0.15, 0.2) is 53.4 Å². The van der Waals surface area contributed by atoms with E-state index in [4.69, 9.17) is 4.74 Å². The van der Waals surface area contributed by atoms with E-state index >= 15 is 0 Å². The van der Waals surface area contributed by atoms with Gasteiger partial charge in [-0.2, -0.15) is 4.72 Å². The van der Waals surface area contributed by atoms with E-state index < -0.39 is 22.2 Å². The maximum Gasteiger partial charge on any atom is 0.338 e. The van der Waals surface area contributed by atoms with E-state index in [1.165, 1.54) is 0 Å². The van der Waals surface area contributed by atoms with Gasteiger partial charge in [0.05, 0.1) is 17.4 Å². The van der Waals surface area contributed by atoms with Gasteiger partial charge in [-0.15, -0.1) is 0 Å². The molecule has 0 saturated carbocycles. The second-order valence-corrected chi connectivity index (χ2v) is 7.45. The maximum atomic E-state index is 12.3. The Bertz CT molecular complexity index is 860. The zero-order valence-electron chi connectivity index (χ0n) is 13.3. The highest BCUT2D eigenvalue weighted by Gasteiger charge is 2.29. The molecule has 0 bridgehead atoms. The quantitative estimate of drug-likeness (QED) is 0.835. The average molecular weight is 346 g/mol. The Kier molecular flexibility index (Phi) is 4.29. The van der Waals surface area contributed by atoms with Crippen molar-refractivity contribution in [2.75, 3.05) is 5.32 Å². The van der Waals surface area contributed by atoms with Crippen molar-refractivity contribution >= 4 is 21.7 Å². The van der Waals surface area contributed by atoms with Crippen LogP contribution in [0.4, 0.5) is 5.69 Å². The van der Waals surface area contributed by atoms with E-state index in [9.17, 15) is 13.2 Å². The number of rotatable bonds is 3. The normalized spacial score (nSPS) is 18.5. The molecule has 0 unspecified atom stereocenters. The Balaban J connectivity index is 1.85. The number of para-hydroxylation sites is 1. The molecule has 0 aromatic heterocycles. The van der Waals surface area contributed by atoms with Gasteiger partial charge in [0.1, 0.15) is 11.1 Å². The second-order valence-electron chi connectivity index (χ2n) is 5.77. The molecule has 1 aliphatic heterocycles. The van der Waals surface area contributed by atoms with Gasteiger partial charge in [-0.3, -0.25) is 0 Å². The first-order chi connectivity index (χ1) is 11.4. The van der Waals surface area contributed by atoms with Gasteiger partial charge in [-0.05, 0) is 43.7 Å². The van der Waals surface area contributed by atoms with Gasteiger partial charge in [-0.25, -0.2) is 13.2 Å². The molecular weight excluding hydrogens is 328 g/mol. The molecule has 3 rings (SSSR count). The number of benzene rings is 2. The van der Waals surface area contributed by atoms with Gasteiger partial charge in [0.15, 0.2) is 0 Å². The molecule has 24 heavy (non-hydrogen) atoms. The fourth-order valence-electron chi connectivity index (χ4n) is 2.47. The Morgan fingerprint density at radius 3 is 2.42 bits per heavy atom. The molecule has 2 aromatic rings. The molecule has 0 saturated heterocycles. The number of sulfonamides is 1. The fourth-order valence-corrected chi connectivity index (χ4v) is 3.78. The zero-order chi connectivity index (χ0) is 17.3. The van der Waals surface area contributed by atoms with Gasteiger partial charge in [-0.1, -0.05) is 24.3 Å². The largest absolute Gasteiger partial charge is 0.459 e. The Hall–Kier alpha value is -2.38. The van der Waals surface area contributed by atoms with Crippen LogP contribution in [-0.2, 0) is 14.8 Å². The van der Waals surface area contributed by atoms with Gasteiger partial charge in [0.2, 0.25) is 10.0 Å². The molecule has 0 amide bonds. The van der Waals surface area contributed by atoms with E-state index in [2.05, 4.69) is 10.0 Å². The maximum absolute atomic E-state index is 12.3. The van der Waals surface area contributed by atoms with E-state index in [1.54, 1.807) is 62.4 Å². The molecule has 2 aromatic carbocycles. The van der Waals surface area contributed by atoms with Gasteiger partial charge in [0.25, 0.3) is 0 Å². The number of ether oxygens (including phenoxy) is 1. The third-order valence-electron chi connectivity index (χ3n) is 3.57. The summed E-state index contributed by atoms with van der Waals surface area (Å²) in [6.07, 6.45) is -0.791. The average Bonchev–Trinajstić information content (AvgIpc) is 2.54. The van der Waals surface area contributed by atoms with Gasteiger partial charge in [0, 0.05) is 0 Å².